The molecule has 0 unspecified atom stereocenters. The molecule has 0 aliphatic rings. The van der Waals surface area contributed by atoms with Gasteiger partial charge < -0.3 is 20.1 Å². The van der Waals surface area contributed by atoms with Gasteiger partial charge >= 0.3 is 0 Å². The predicted octanol–water partition coefficient (Wildman–Crippen LogP) is 3.40. The van der Waals surface area contributed by atoms with Crippen LogP contribution in [0.3, 0.4) is 0 Å². The van der Waals surface area contributed by atoms with E-state index in [2.05, 4.69) is 10.6 Å². The molecule has 0 saturated carbocycles. The fourth-order valence-corrected chi connectivity index (χ4v) is 2.15. The number of nitrogens with one attached hydrogen (secondary N) is 2. The van der Waals surface area contributed by atoms with Crippen molar-refractivity contribution in [3.8, 4) is 5.75 Å². The van der Waals surface area contributed by atoms with Gasteiger partial charge in [0.05, 0.1) is 12.7 Å². The zero-order valence-electron chi connectivity index (χ0n) is 13.5. The van der Waals surface area contributed by atoms with Crippen LogP contribution in [0.1, 0.15) is 16.8 Å². The van der Waals surface area contributed by atoms with Crippen LogP contribution in [0.5, 0.6) is 5.75 Å². The first kappa shape index (κ1) is 16.8. The number of ether oxygens (including phenoxy) is 2. The maximum atomic E-state index is 12.3. The molecule has 23 heavy (non-hydrogen) atoms. The first-order chi connectivity index (χ1) is 11.2. The first-order valence-corrected chi connectivity index (χ1v) is 7.52. The van der Waals surface area contributed by atoms with Crippen LogP contribution in [-0.2, 0) is 4.74 Å². The molecule has 1 amide bonds. The lowest BCUT2D eigenvalue weighted by atomic mass is 10.2. The van der Waals surface area contributed by atoms with Gasteiger partial charge in [-0.15, -0.1) is 0 Å². The second kappa shape index (κ2) is 8.80. The normalized spacial score (nSPS) is 10.2. The van der Waals surface area contributed by atoms with E-state index in [0.717, 1.165) is 30.9 Å². The molecule has 0 heterocycles. The molecule has 0 atom stereocenters. The quantitative estimate of drug-likeness (QED) is 0.733. The van der Waals surface area contributed by atoms with Gasteiger partial charge in [-0.25, -0.2) is 0 Å². The van der Waals surface area contributed by atoms with Crippen molar-refractivity contribution < 1.29 is 14.3 Å². The summed E-state index contributed by atoms with van der Waals surface area (Å²) in [5, 5.41) is 6.17. The van der Waals surface area contributed by atoms with Crippen LogP contribution < -0.4 is 15.4 Å². The number of hydrogen-bond acceptors (Lipinski definition) is 4. The standard InChI is InChI=1S/C18H22N2O3/c1-22-13-5-12-19-14-8-10-15(11-9-14)20-18(21)16-6-3-4-7-17(16)23-2/h3-4,6-11,19H,5,12-13H2,1-2H3,(H,20,21). The van der Waals surface area contributed by atoms with Crippen LogP contribution in [0.15, 0.2) is 48.5 Å². The van der Waals surface area contributed by atoms with Gasteiger partial charge in [0.2, 0.25) is 0 Å². The van der Waals surface area contributed by atoms with Crippen molar-refractivity contribution >= 4 is 17.3 Å². The molecular weight excluding hydrogens is 292 g/mol. The average Bonchev–Trinajstić information content (AvgIpc) is 2.60. The first-order valence-electron chi connectivity index (χ1n) is 7.52. The van der Waals surface area contributed by atoms with Crippen molar-refractivity contribution in [1.82, 2.24) is 0 Å². The van der Waals surface area contributed by atoms with Gasteiger partial charge in [0.25, 0.3) is 5.91 Å². The van der Waals surface area contributed by atoms with Crippen LogP contribution >= 0.6 is 0 Å². The number of carbonyl (C=O) groups excluding carboxylic acids is 1. The van der Waals surface area contributed by atoms with Gasteiger partial charge in [-0.3, -0.25) is 4.79 Å². The van der Waals surface area contributed by atoms with Crippen LogP contribution in [0.25, 0.3) is 0 Å². The van der Waals surface area contributed by atoms with Gasteiger partial charge in [0, 0.05) is 31.6 Å². The van der Waals surface area contributed by atoms with Gasteiger partial charge in [0.1, 0.15) is 5.75 Å². The van der Waals surface area contributed by atoms with E-state index in [4.69, 9.17) is 9.47 Å². The Balaban J connectivity index is 1.94. The molecule has 5 heteroatoms. The molecule has 2 aromatic rings. The fourth-order valence-electron chi connectivity index (χ4n) is 2.15. The highest BCUT2D eigenvalue weighted by molar-refractivity contribution is 6.06. The third-order valence-corrected chi connectivity index (χ3v) is 3.35. The molecule has 2 rings (SSSR count). The summed E-state index contributed by atoms with van der Waals surface area (Å²) in [5.74, 6) is 0.365. The molecule has 2 N–H and O–H groups in total. The summed E-state index contributed by atoms with van der Waals surface area (Å²) in [6.45, 7) is 1.58. The minimum absolute atomic E-state index is 0.191. The second-order valence-electron chi connectivity index (χ2n) is 5.00. The Kier molecular flexibility index (Phi) is 6.44. The Morgan fingerprint density at radius 1 is 1.00 bits per heavy atom. The number of rotatable bonds is 8. The zero-order chi connectivity index (χ0) is 16.5. The lowest BCUT2D eigenvalue weighted by Crippen LogP contribution is -2.13. The molecular formula is C18H22N2O3. The van der Waals surface area contributed by atoms with Crippen molar-refractivity contribution in [2.45, 2.75) is 6.42 Å². The molecule has 0 aromatic heterocycles. The Labute approximate surface area is 136 Å². The minimum Gasteiger partial charge on any atom is -0.496 e. The minimum atomic E-state index is -0.191. The number of amides is 1. The average molecular weight is 314 g/mol. The lowest BCUT2D eigenvalue weighted by molar-refractivity contribution is 0.102. The summed E-state index contributed by atoms with van der Waals surface area (Å²) in [6, 6.07) is 14.7. The van der Waals surface area contributed by atoms with E-state index < -0.39 is 0 Å². The molecule has 0 fully saturated rings. The van der Waals surface area contributed by atoms with Crippen molar-refractivity contribution in [3.63, 3.8) is 0 Å². The van der Waals surface area contributed by atoms with Gasteiger partial charge in [0.15, 0.2) is 0 Å². The maximum Gasteiger partial charge on any atom is 0.259 e. The number of methoxy groups -OCH3 is 2. The highest BCUT2D eigenvalue weighted by atomic mass is 16.5. The second-order valence-corrected chi connectivity index (χ2v) is 5.00. The lowest BCUT2D eigenvalue weighted by Gasteiger charge is -2.10. The number of carbonyl (C=O) groups is 1. The third kappa shape index (κ3) is 5.00. The van der Waals surface area contributed by atoms with E-state index >= 15 is 0 Å². The third-order valence-electron chi connectivity index (χ3n) is 3.35. The largest absolute Gasteiger partial charge is 0.496 e. The predicted molar refractivity (Wildman–Crippen MR) is 92.4 cm³/mol. The molecule has 0 aliphatic carbocycles. The number of anilines is 2. The Bertz CT molecular complexity index is 626. The van der Waals surface area contributed by atoms with E-state index in [0.29, 0.717) is 11.3 Å². The van der Waals surface area contributed by atoms with E-state index in [-0.39, 0.29) is 5.91 Å². The van der Waals surface area contributed by atoms with Crippen LogP contribution in [0, 0.1) is 0 Å². The summed E-state index contributed by atoms with van der Waals surface area (Å²) in [6.07, 6.45) is 0.947. The highest BCUT2D eigenvalue weighted by Gasteiger charge is 2.11. The molecule has 2 aromatic carbocycles. The summed E-state index contributed by atoms with van der Waals surface area (Å²) in [5.41, 5.74) is 2.26. The molecule has 0 bridgehead atoms. The molecule has 0 aliphatic heterocycles. The molecule has 0 saturated heterocycles. The van der Waals surface area contributed by atoms with Crippen molar-refractivity contribution in [1.29, 1.82) is 0 Å². The van der Waals surface area contributed by atoms with Crippen LogP contribution in [0.4, 0.5) is 11.4 Å². The highest BCUT2D eigenvalue weighted by Crippen LogP contribution is 2.20. The SMILES string of the molecule is COCCCNc1ccc(NC(=O)c2ccccc2OC)cc1. The van der Waals surface area contributed by atoms with Crippen molar-refractivity contribution in [2.24, 2.45) is 0 Å². The van der Waals surface area contributed by atoms with Gasteiger partial charge in [-0.1, -0.05) is 12.1 Å². The fraction of sp³-hybridized carbons (Fsp3) is 0.278. The van der Waals surface area contributed by atoms with Crippen LogP contribution in [0.2, 0.25) is 0 Å². The zero-order valence-corrected chi connectivity index (χ0v) is 13.5. The Morgan fingerprint density at radius 3 is 2.39 bits per heavy atom. The van der Waals surface area contributed by atoms with E-state index in [1.54, 1.807) is 26.4 Å². The van der Waals surface area contributed by atoms with Crippen LogP contribution in [-0.4, -0.2) is 33.3 Å². The number of hydrogen-bond donors (Lipinski definition) is 2. The van der Waals surface area contributed by atoms with E-state index in [1.165, 1.54) is 0 Å². The topological polar surface area (TPSA) is 59.6 Å². The summed E-state index contributed by atoms with van der Waals surface area (Å²) < 4.78 is 10.2. The molecule has 122 valence electrons. The van der Waals surface area contributed by atoms with Crippen molar-refractivity contribution in [3.05, 3.63) is 54.1 Å². The Hall–Kier alpha value is -2.53. The summed E-state index contributed by atoms with van der Waals surface area (Å²) in [4.78, 5) is 12.3. The smallest absolute Gasteiger partial charge is 0.259 e. The number of benzene rings is 2. The van der Waals surface area contributed by atoms with Crippen molar-refractivity contribution in [2.75, 3.05) is 38.0 Å². The molecule has 0 spiro atoms. The molecule has 5 nitrogen and oxygen atoms in total. The van der Waals surface area contributed by atoms with E-state index in [1.807, 2.05) is 36.4 Å². The molecule has 0 radical (unpaired) electrons. The van der Waals surface area contributed by atoms with E-state index in [9.17, 15) is 4.79 Å². The Morgan fingerprint density at radius 2 is 1.70 bits per heavy atom. The summed E-state index contributed by atoms with van der Waals surface area (Å²) >= 11 is 0. The monoisotopic (exact) mass is 314 g/mol. The number of para-hydroxylation sites is 1. The maximum absolute atomic E-state index is 12.3. The van der Waals surface area contributed by atoms with Gasteiger partial charge in [-0.2, -0.15) is 0 Å². The summed E-state index contributed by atoms with van der Waals surface area (Å²) in [7, 11) is 3.25. The van der Waals surface area contributed by atoms with Gasteiger partial charge in [-0.05, 0) is 42.8 Å².